The van der Waals surface area contributed by atoms with Gasteiger partial charge in [-0.3, -0.25) is 4.57 Å². The van der Waals surface area contributed by atoms with Crippen LogP contribution < -0.4 is 0 Å². The molecule has 74 valence electrons. The summed E-state index contributed by atoms with van der Waals surface area (Å²) < 4.78 is 1.79. The molecule has 1 aromatic rings. The van der Waals surface area contributed by atoms with Crippen LogP contribution in [0, 0.1) is 0 Å². The molecule has 0 atom stereocenters. The lowest BCUT2D eigenvalue weighted by Gasteiger charge is -2.22. The summed E-state index contributed by atoms with van der Waals surface area (Å²) in [5, 5.41) is 0.710. The van der Waals surface area contributed by atoms with Gasteiger partial charge < -0.3 is 4.90 Å². The lowest BCUT2D eigenvalue weighted by molar-refractivity contribution is 0.506. The van der Waals surface area contributed by atoms with Crippen LogP contribution in [0.3, 0.4) is 0 Å². The van der Waals surface area contributed by atoms with Gasteiger partial charge in [-0.05, 0) is 12.2 Å². The largest absolute Gasteiger partial charge is 0.341 e. The summed E-state index contributed by atoms with van der Waals surface area (Å²) in [7, 11) is 0. The van der Waals surface area contributed by atoms with Crippen LogP contribution in [0.4, 0.5) is 0 Å². The summed E-state index contributed by atoms with van der Waals surface area (Å²) in [4.78, 5) is 5.93. The third kappa shape index (κ3) is 2.53. The van der Waals surface area contributed by atoms with Crippen LogP contribution in [0.25, 0.3) is 0 Å². The molecule has 0 saturated carbocycles. The molecule has 0 spiro atoms. The van der Waals surface area contributed by atoms with Crippen LogP contribution in [0.2, 0.25) is 0 Å². The van der Waals surface area contributed by atoms with Crippen molar-refractivity contribution >= 4 is 17.3 Å². The Labute approximate surface area is 89.4 Å². The molecule has 0 saturated heterocycles. The van der Waals surface area contributed by atoms with Crippen molar-refractivity contribution in [2.24, 2.45) is 0 Å². The van der Waals surface area contributed by atoms with E-state index < -0.39 is 0 Å². The summed E-state index contributed by atoms with van der Waals surface area (Å²) in [6.45, 7) is 8.79. The van der Waals surface area contributed by atoms with Gasteiger partial charge in [0.2, 0.25) is 0 Å². The summed E-state index contributed by atoms with van der Waals surface area (Å²) in [5.41, 5.74) is 0. The number of aromatic nitrogens is 2. The number of hydrogen-bond donors (Lipinski definition) is 0. The molecule has 0 radical (unpaired) electrons. The molecule has 1 aromatic heterocycles. The number of thiocarbonyl (C=S) groups is 1. The van der Waals surface area contributed by atoms with E-state index >= 15 is 0 Å². The van der Waals surface area contributed by atoms with Gasteiger partial charge in [0.05, 0.1) is 0 Å². The Hall–Kier alpha value is -1.42. The van der Waals surface area contributed by atoms with Gasteiger partial charge in [-0.1, -0.05) is 12.2 Å². The fraction of sp³-hybridized carbons (Fsp3) is 0.200. The van der Waals surface area contributed by atoms with Crippen LogP contribution in [0.1, 0.15) is 0 Å². The van der Waals surface area contributed by atoms with Crippen molar-refractivity contribution in [3.8, 4) is 0 Å². The third-order valence-electron chi connectivity index (χ3n) is 1.69. The predicted octanol–water partition coefficient (Wildman–Crippen LogP) is 1.69. The Kier molecular flexibility index (Phi) is 4.07. The molecule has 1 heterocycles. The fourth-order valence-corrected chi connectivity index (χ4v) is 1.34. The first-order chi connectivity index (χ1) is 6.79. The Morgan fingerprint density at radius 3 is 2.50 bits per heavy atom. The maximum Gasteiger partial charge on any atom is 0.181 e. The quantitative estimate of drug-likeness (QED) is 0.554. The summed E-state index contributed by atoms with van der Waals surface area (Å²) >= 11 is 5.28. The van der Waals surface area contributed by atoms with Crippen molar-refractivity contribution in [3.05, 3.63) is 44.0 Å². The first-order valence-electron chi connectivity index (χ1n) is 4.28. The lowest BCUT2D eigenvalue weighted by atomic mass is 10.5. The zero-order chi connectivity index (χ0) is 10.4. The third-order valence-corrected chi connectivity index (χ3v) is 2.16. The maximum absolute atomic E-state index is 5.28. The van der Waals surface area contributed by atoms with Crippen molar-refractivity contribution in [2.75, 3.05) is 13.1 Å². The Balaban J connectivity index is 2.72. The summed E-state index contributed by atoms with van der Waals surface area (Å²) in [5.74, 6) is 0. The van der Waals surface area contributed by atoms with E-state index in [4.69, 9.17) is 12.2 Å². The molecule has 4 heteroatoms. The molecule has 0 aromatic carbocycles. The standard InChI is InChI=1S/C10H13N3S/c1-3-6-12(7-4-2)10(14)13-8-5-11-9-13/h3-5,8-9H,1-2,6-7H2. The maximum atomic E-state index is 5.28. The highest BCUT2D eigenvalue weighted by atomic mass is 32.1. The SMILES string of the molecule is C=CCN(CC=C)C(=S)n1ccnc1. The van der Waals surface area contributed by atoms with E-state index in [2.05, 4.69) is 18.1 Å². The smallest absolute Gasteiger partial charge is 0.181 e. The van der Waals surface area contributed by atoms with Crippen molar-refractivity contribution < 1.29 is 0 Å². The van der Waals surface area contributed by atoms with E-state index in [9.17, 15) is 0 Å². The Morgan fingerprint density at radius 2 is 2.07 bits per heavy atom. The van der Waals surface area contributed by atoms with Gasteiger partial charge in [-0.15, -0.1) is 13.2 Å². The molecule has 14 heavy (non-hydrogen) atoms. The minimum Gasteiger partial charge on any atom is -0.341 e. The molecular weight excluding hydrogens is 194 g/mol. The van der Waals surface area contributed by atoms with Gasteiger partial charge in [0, 0.05) is 25.5 Å². The summed E-state index contributed by atoms with van der Waals surface area (Å²) in [6.07, 6.45) is 8.83. The van der Waals surface area contributed by atoms with Crippen LogP contribution in [-0.2, 0) is 0 Å². The van der Waals surface area contributed by atoms with Gasteiger partial charge in [0.1, 0.15) is 6.33 Å². The van der Waals surface area contributed by atoms with E-state index in [0.717, 1.165) is 0 Å². The summed E-state index contributed by atoms with van der Waals surface area (Å²) in [6, 6.07) is 0. The second kappa shape index (κ2) is 5.34. The first-order valence-corrected chi connectivity index (χ1v) is 4.69. The van der Waals surface area contributed by atoms with E-state index in [0.29, 0.717) is 18.2 Å². The van der Waals surface area contributed by atoms with Gasteiger partial charge in [0.25, 0.3) is 0 Å². The first kappa shape index (κ1) is 10.7. The minimum atomic E-state index is 0.710. The van der Waals surface area contributed by atoms with Crippen molar-refractivity contribution in [3.63, 3.8) is 0 Å². The highest BCUT2D eigenvalue weighted by Gasteiger charge is 2.06. The van der Waals surface area contributed by atoms with Crippen molar-refractivity contribution in [2.45, 2.75) is 0 Å². The van der Waals surface area contributed by atoms with E-state index in [1.54, 1.807) is 17.1 Å². The number of rotatable bonds is 4. The Morgan fingerprint density at radius 1 is 1.43 bits per heavy atom. The minimum absolute atomic E-state index is 0.710. The highest BCUT2D eigenvalue weighted by molar-refractivity contribution is 7.80. The number of hydrogen-bond acceptors (Lipinski definition) is 2. The molecule has 0 aliphatic carbocycles. The van der Waals surface area contributed by atoms with Crippen molar-refractivity contribution in [1.29, 1.82) is 0 Å². The van der Waals surface area contributed by atoms with Crippen LogP contribution in [-0.4, -0.2) is 32.7 Å². The normalized spacial score (nSPS) is 9.43. The Bertz CT molecular complexity index is 306. The fourth-order valence-electron chi connectivity index (χ4n) is 1.08. The monoisotopic (exact) mass is 207 g/mol. The molecule has 1 rings (SSSR count). The molecule has 0 amide bonds. The molecule has 0 aliphatic rings. The zero-order valence-electron chi connectivity index (χ0n) is 7.97. The van der Waals surface area contributed by atoms with Gasteiger partial charge >= 0.3 is 0 Å². The molecule has 3 nitrogen and oxygen atoms in total. The van der Waals surface area contributed by atoms with Crippen LogP contribution in [0.15, 0.2) is 44.0 Å². The average Bonchev–Trinajstić information content (AvgIpc) is 2.69. The van der Waals surface area contributed by atoms with Gasteiger partial charge in [-0.2, -0.15) is 0 Å². The van der Waals surface area contributed by atoms with Crippen LogP contribution >= 0.6 is 12.2 Å². The van der Waals surface area contributed by atoms with Crippen LogP contribution in [0.5, 0.6) is 0 Å². The number of nitrogens with zero attached hydrogens (tertiary/aromatic N) is 3. The number of imidazole rings is 1. The van der Waals surface area contributed by atoms with E-state index in [1.165, 1.54) is 0 Å². The van der Waals surface area contributed by atoms with Crippen molar-refractivity contribution in [1.82, 2.24) is 14.5 Å². The second-order valence-electron chi connectivity index (χ2n) is 2.73. The zero-order valence-corrected chi connectivity index (χ0v) is 8.78. The molecule has 0 fully saturated rings. The predicted molar refractivity (Wildman–Crippen MR) is 62.2 cm³/mol. The average molecular weight is 207 g/mol. The molecule has 0 N–H and O–H groups in total. The van der Waals surface area contributed by atoms with E-state index in [1.807, 2.05) is 23.2 Å². The molecule has 0 bridgehead atoms. The molecule has 0 aliphatic heterocycles. The second-order valence-corrected chi connectivity index (χ2v) is 3.10. The van der Waals surface area contributed by atoms with Gasteiger partial charge in [0.15, 0.2) is 5.11 Å². The topological polar surface area (TPSA) is 21.1 Å². The molecule has 0 unspecified atom stereocenters. The highest BCUT2D eigenvalue weighted by Crippen LogP contribution is 1.97. The van der Waals surface area contributed by atoms with Gasteiger partial charge in [-0.25, -0.2) is 4.98 Å². The van der Waals surface area contributed by atoms with E-state index in [-0.39, 0.29) is 0 Å². The molecular formula is C10H13N3S. The lowest BCUT2D eigenvalue weighted by Crippen LogP contribution is -2.34.